The van der Waals surface area contributed by atoms with Crippen molar-refractivity contribution >= 4 is 11.8 Å². The van der Waals surface area contributed by atoms with Gasteiger partial charge in [-0.05, 0) is 12.8 Å². The summed E-state index contributed by atoms with van der Waals surface area (Å²) in [6, 6.07) is 0. The topological polar surface area (TPSA) is 238 Å². The third kappa shape index (κ3) is 9.62. The second-order valence-corrected chi connectivity index (χ2v) is 9.96. The van der Waals surface area contributed by atoms with E-state index in [9.17, 15) is 50.4 Å². The molecule has 2 rings (SSSR count). The Morgan fingerprint density at radius 2 is 0.816 bits per heavy atom. The van der Waals surface area contributed by atoms with Crippen LogP contribution in [0.3, 0.4) is 0 Å². The van der Waals surface area contributed by atoms with Crippen LogP contribution in [-0.4, -0.2) is 127 Å². The molecule has 0 aromatic rings. The lowest BCUT2D eigenvalue weighted by atomic mass is 9.98. The molecule has 0 aromatic heterocycles. The summed E-state index contributed by atoms with van der Waals surface area (Å²) < 4.78 is 10.5. The summed E-state index contributed by atoms with van der Waals surface area (Å²) in [6.45, 7) is -1.13. The Morgan fingerprint density at radius 3 is 1.13 bits per heavy atom. The van der Waals surface area contributed by atoms with Gasteiger partial charge in [0.1, 0.15) is 48.8 Å². The number of amides is 2. The maximum Gasteiger partial charge on any atom is 0.222 e. The van der Waals surface area contributed by atoms with E-state index in [2.05, 4.69) is 10.6 Å². The lowest BCUT2D eigenvalue weighted by molar-refractivity contribution is -0.236. The van der Waals surface area contributed by atoms with Crippen molar-refractivity contribution in [1.29, 1.82) is 0 Å². The number of unbranched alkanes of at least 4 members (excludes halogenated alkanes) is 7. The zero-order chi connectivity index (χ0) is 28.2. The Morgan fingerprint density at radius 1 is 0.500 bits per heavy atom. The maximum absolute atomic E-state index is 12.1. The number of nitrogens with one attached hydrogen (secondary N) is 2. The lowest BCUT2D eigenvalue weighted by Crippen LogP contribution is -2.63. The molecule has 0 bridgehead atoms. The second kappa shape index (κ2) is 16.6. The van der Waals surface area contributed by atoms with Crippen LogP contribution in [0, 0.1) is 0 Å². The molecular formula is C24H44N2O12. The number of aliphatic hydroxyl groups excluding tert-OH is 8. The van der Waals surface area contributed by atoms with Gasteiger partial charge < -0.3 is 61.0 Å². The van der Waals surface area contributed by atoms with Gasteiger partial charge in [-0.2, -0.15) is 0 Å². The van der Waals surface area contributed by atoms with Crippen LogP contribution in [0.1, 0.15) is 64.2 Å². The Kier molecular flexibility index (Phi) is 14.3. The minimum Gasteiger partial charge on any atom is -0.394 e. The molecule has 222 valence electrons. The molecule has 2 fully saturated rings. The standard InChI is InChI=1S/C24H44N2O12/c27-11-13-17(31)19(33)21(35)23(37-13)25-15(29)9-7-5-3-1-2-4-6-8-10-16(30)26-24-22(36)20(34)18(32)14(12-28)38-24/h13-14,17-24,27-28,31-36H,1-12H2,(H,25,29)(H,26,30)/t13-,14-,17-,18-,19+,20+,21-,22-,23-,24-/m1/s1. The Labute approximate surface area is 221 Å². The van der Waals surface area contributed by atoms with Gasteiger partial charge in [0.15, 0.2) is 12.5 Å². The molecule has 38 heavy (non-hydrogen) atoms. The van der Waals surface area contributed by atoms with Crippen LogP contribution < -0.4 is 10.6 Å². The summed E-state index contributed by atoms with van der Waals surface area (Å²) in [7, 11) is 0. The van der Waals surface area contributed by atoms with Crippen molar-refractivity contribution in [3.63, 3.8) is 0 Å². The molecule has 10 N–H and O–H groups in total. The fraction of sp³-hybridized carbons (Fsp3) is 0.917. The average Bonchev–Trinajstić information content (AvgIpc) is 2.90. The van der Waals surface area contributed by atoms with E-state index in [1.165, 1.54) is 0 Å². The third-order valence-corrected chi connectivity index (χ3v) is 6.95. The van der Waals surface area contributed by atoms with Crippen LogP contribution in [0.25, 0.3) is 0 Å². The molecule has 0 spiro atoms. The monoisotopic (exact) mass is 552 g/mol. The zero-order valence-corrected chi connectivity index (χ0v) is 21.5. The van der Waals surface area contributed by atoms with E-state index in [-0.39, 0.29) is 24.7 Å². The van der Waals surface area contributed by atoms with Gasteiger partial charge in [-0.1, -0.05) is 38.5 Å². The molecular weight excluding hydrogens is 508 g/mol. The number of carbonyl (C=O) groups is 2. The van der Waals surface area contributed by atoms with Crippen molar-refractivity contribution in [1.82, 2.24) is 10.6 Å². The number of hydrogen-bond acceptors (Lipinski definition) is 12. The van der Waals surface area contributed by atoms with Gasteiger partial charge in [-0.15, -0.1) is 0 Å². The van der Waals surface area contributed by atoms with Crippen LogP contribution in [0.2, 0.25) is 0 Å². The van der Waals surface area contributed by atoms with Gasteiger partial charge in [-0.25, -0.2) is 0 Å². The van der Waals surface area contributed by atoms with Crippen molar-refractivity contribution in [3.05, 3.63) is 0 Å². The van der Waals surface area contributed by atoms with Crippen LogP contribution >= 0.6 is 0 Å². The first-order chi connectivity index (χ1) is 18.1. The minimum absolute atomic E-state index is 0.207. The third-order valence-electron chi connectivity index (χ3n) is 6.95. The summed E-state index contributed by atoms with van der Waals surface area (Å²) in [4.78, 5) is 24.2. The second-order valence-electron chi connectivity index (χ2n) is 9.96. The van der Waals surface area contributed by atoms with Gasteiger partial charge in [0.05, 0.1) is 13.2 Å². The molecule has 0 unspecified atom stereocenters. The Balaban J connectivity index is 1.48. The first kappa shape index (κ1) is 32.8. The minimum atomic E-state index is -1.54. The SMILES string of the molecule is O=C(CCCCCCCCCCC(=O)N[C@@H]1O[C@H](CO)[C@@H](O)[C@H](O)[C@H]1O)N[C@@H]1O[C@H](CO)[C@@H](O)[C@H](O)[C@H]1O. The summed E-state index contributed by atoms with van der Waals surface area (Å²) in [5, 5.41) is 82.3. The number of rotatable bonds is 15. The highest BCUT2D eigenvalue weighted by molar-refractivity contribution is 5.76. The fourth-order valence-corrected chi connectivity index (χ4v) is 4.53. The molecule has 0 aromatic carbocycles. The largest absolute Gasteiger partial charge is 0.394 e. The van der Waals surface area contributed by atoms with Crippen molar-refractivity contribution in [2.75, 3.05) is 13.2 Å². The van der Waals surface area contributed by atoms with Crippen molar-refractivity contribution in [3.8, 4) is 0 Å². The number of aliphatic hydroxyl groups is 8. The van der Waals surface area contributed by atoms with Gasteiger partial charge in [0, 0.05) is 12.8 Å². The summed E-state index contributed by atoms with van der Waals surface area (Å²) in [5.41, 5.74) is 0. The molecule has 2 aliphatic heterocycles. The average molecular weight is 553 g/mol. The molecule has 10 atom stereocenters. The van der Waals surface area contributed by atoms with Crippen molar-refractivity contribution in [2.45, 2.75) is 125 Å². The molecule has 0 aliphatic carbocycles. The van der Waals surface area contributed by atoms with Crippen LogP contribution in [0.5, 0.6) is 0 Å². The van der Waals surface area contributed by atoms with E-state index >= 15 is 0 Å². The first-order valence-electron chi connectivity index (χ1n) is 13.3. The summed E-state index contributed by atoms with van der Waals surface area (Å²) >= 11 is 0. The Hall–Kier alpha value is -1.46. The van der Waals surface area contributed by atoms with E-state index in [0.717, 1.165) is 38.5 Å². The first-order valence-corrected chi connectivity index (χ1v) is 13.3. The van der Waals surface area contributed by atoms with E-state index in [4.69, 9.17) is 9.47 Å². The number of carbonyl (C=O) groups excluding carboxylic acids is 2. The quantitative estimate of drug-likeness (QED) is 0.0900. The van der Waals surface area contributed by atoms with Gasteiger partial charge in [-0.3, -0.25) is 9.59 Å². The molecule has 2 amide bonds. The lowest BCUT2D eigenvalue weighted by Gasteiger charge is -2.40. The molecule has 0 saturated carbocycles. The predicted molar refractivity (Wildman–Crippen MR) is 130 cm³/mol. The van der Waals surface area contributed by atoms with E-state index < -0.39 is 74.5 Å². The smallest absolute Gasteiger partial charge is 0.222 e. The molecule has 2 saturated heterocycles. The van der Waals surface area contributed by atoms with Crippen molar-refractivity contribution < 1.29 is 59.9 Å². The highest BCUT2D eigenvalue weighted by atomic mass is 16.6. The molecule has 2 heterocycles. The highest BCUT2D eigenvalue weighted by Crippen LogP contribution is 2.21. The van der Waals surface area contributed by atoms with Gasteiger partial charge in [0.2, 0.25) is 11.8 Å². The highest BCUT2D eigenvalue weighted by Gasteiger charge is 2.45. The molecule has 2 aliphatic rings. The normalized spacial score (nSPS) is 35.6. The van der Waals surface area contributed by atoms with Crippen LogP contribution in [0.4, 0.5) is 0 Å². The van der Waals surface area contributed by atoms with Crippen LogP contribution in [-0.2, 0) is 19.1 Å². The summed E-state index contributed by atoms with van der Waals surface area (Å²) in [5.74, 6) is -0.729. The van der Waals surface area contributed by atoms with Crippen LogP contribution in [0.15, 0.2) is 0 Å². The maximum atomic E-state index is 12.1. The van der Waals surface area contributed by atoms with Gasteiger partial charge in [0.25, 0.3) is 0 Å². The Bertz CT molecular complexity index is 654. The zero-order valence-electron chi connectivity index (χ0n) is 21.5. The molecule has 14 heteroatoms. The molecule has 14 nitrogen and oxygen atoms in total. The van der Waals surface area contributed by atoms with Gasteiger partial charge >= 0.3 is 0 Å². The fourth-order valence-electron chi connectivity index (χ4n) is 4.53. The van der Waals surface area contributed by atoms with E-state index in [1.807, 2.05) is 0 Å². The van der Waals surface area contributed by atoms with E-state index in [1.54, 1.807) is 0 Å². The van der Waals surface area contributed by atoms with E-state index in [0.29, 0.717) is 12.8 Å². The predicted octanol–water partition coefficient (Wildman–Crippen LogP) is -3.28. The molecule has 0 radical (unpaired) electrons. The number of hydrogen-bond donors (Lipinski definition) is 10. The summed E-state index contributed by atoms with van der Waals surface area (Å²) in [6.07, 6.45) is -6.52. The van der Waals surface area contributed by atoms with Crippen molar-refractivity contribution in [2.24, 2.45) is 0 Å². The number of ether oxygens (including phenoxy) is 2.